The van der Waals surface area contributed by atoms with Gasteiger partial charge in [-0.05, 0) is 24.3 Å². The molecule has 1 atom stereocenters. The highest BCUT2D eigenvalue weighted by atomic mass is 32.2. The largest absolute Gasteiger partial charge is 0.318 e. The molecule has 0 spiro atoms. The van der Waals surface area contributed by atoms with E-state index in [4.69, 9.17) is 0 Å². The van der Waals surface area contributed by atoms with Gasteiger partial charge in [-0.25, -0.2) is 0 Å². The number of aromatic nitrogens is 1. The van der Waals surface area contributed by atoms with E-state index in [0.717, 1.165) is 22.0 Å². The van der Waals surface area contributed by atoms with Gasteiger partial charge in [0, 0.05) is 29.6 Å². The van der Waals surface area contributed by atoms with Crippen molar-refractivity contribution in [1.29, 1.82) is 0 Å². The molecule has 7 heteroatoms. The summed E-state index contributed by atoms with van der Waals surface area (Å²) in [5.41, 5.74) is 6.24. The number of hydrogen-bond donors (Lipinski definition) is 1. The minimum Gasteiger partial charge on any atom is -0.318 e. The maximum Gasteiger partial charge on any atom is 0.269 e. The number of nitrogens with zero attached hydrogens (tertiary/aromatic N) is 3. The van der Waals surface area contributed by atoms with Crippen LogP contribution in [-0.4, -0.2) is 14.5 Å². The highest BCUT2D eigenvalue weighted by molar-refractivity contribution is 8.14. The fourth-order valence-corrected chi connectivity index (χ4v) is 3.72. The van der Waals surface area contributed by atoms with Crippen LogP contribution in [0.1, 0.15) is 16.6 Å². The standard InChI is InChI=1S/C18H14N4O2S/c23-22(24)15-10-8-14(9-11-15)21-12-4-7-16(21)18-20-19-17(25-18)13-5-2-1-3-6-13/h1-12,18,20H/t18-/m1/s1. The van der Waals surface area contributed by atoms with Crippen LogP contribution < -0.4 is 5.43 Å². The average molecular weight is 350 g/mol. The third-order valence-electron chi connectivity index (χ3n) is 3.92. The number of nitrogens with one attached hydrogen (secondary N) is 1. The Balaban J connectivity index is 1.58. The van der Waals surface area contributed by atoms with Crippen LogP contribution in [0.4, 0.5) is 5.69 Å². The highest BCUT2D eigenvalue weighted by Gasteiger charge is 2.24. The molecule has 0 fully saturated rings. The van der Waals surface area contributed by atoms with Crippen molar-refractivity contribution in [3.8, 4) is 5.69 Å². The molecule has 2 aromatic carbocycles. The van der Waals surface area contributed by atoms with Crippen LogP contribution in [0, 0.1) is 10.1 Å². The number of hydrazone groups is 1. The Labute approximate surface area is 148 Å². The van der Waals surface area contributed by atoms with E-state index >= 15 is 0 Å². The first-order valence-electron chi connectivity index (χ1n) is 7.70. The van der Waals surface area contributed by atoms with Gasteiger partial charge in [0.1, 0.15) is 10.4 Å². The lowest BCUT2D eigenvalue weighted by molar-refractivity contribution is -0.384. The molecular weight excluding hydrogens is 336 g/mol. The zero-order chi connectivity index (χ0) is 17.2. The molecule has 0 unspecified atom stereocenters. The third-order valence-corrected chi connectivity index (χ3v) is 5.05. The second-order valence-electron chi connectivity index (χ2n) is 5.49. The van der Waals surface area contributed by atoms with Gasteiger partial charge >= 0.3 is 0 Å². The fourth-order valence-electron chi connectivity index (χ4n) is 2.70. The number of non-ortho nitro benzene ring substituents is 1. The van der Waals surface area contributed by atoms with Gasteiger partial charge in [-0.3, -0.25) is 15.5 Å². The van der Waals surface area contributed by atoms with Gasteiger partial charge in [0.15, 0.2) is 0 Å². The van der Waals surface area contributed by atoms with Crippen LogP contribution in [-0.2, 0) is 0 Å². The van der Waals surface area contributed by atoms with Crippen molar-refractivity contribution in [3.63, 3.8) is 0 Å². The molecule has 6 nitrogen and oxygen atoms in total. The van der Waals surface area contributed by atoms with Gasteiger partial charge in [0.25, 0.3) is 5.69 Å². The molecule has 1 aliphatic rings. The summed E-state index contributed by atoms with van der Waals surface area (Å²) in [5, 5.41) is 16.2. The maximum absolute atomic E-state index is 10.8. The van der Waals surface area contributed by atoms with Crippen molar-refractivity contribution in [2.75, 3.05) is 0 Å². The second-order valence-corrected chi connectivity index (χ2v) is 6.58. The number of benzene rings is 2. The van der Waals surface area contributed by atoms with E-state index in [1.807, 2.05) is 53.2 Å². The maximum atomic E-state index is 10.8. The Morgan fingerprint density at radius 2 is 1.80 bits per heavy atom. The van der Waals surface area contributed by atoms with Gasteiger partial charge in [-0.1, -0.05) is 42.1 Å². The summed E-state index contributed by atoms with van der Waals surface area (Å²) in [7, 11) is 0. The van der Waals surface area contributed by atoms with Crippen LogP contribution in [0.25, 0.3) is 5.69 Å². The first-order chi connectivity index (χ1) is 12.2. The molecule has 124 valence electrons. The normalized spacial score (nSPS) is 16.3. The fraction of sp³-hybridized carbons (Fsp3) is 0.0556. The van der Waals surface area contributed by atoms with Crippen molar-refractivity contribution in [1.82, 2.24) is 9.99 Å². The Hall–Kier alpha value is -3.06. The molecular formula is C18H14N4O2S. The average Bonchev–Trinajstić information content (AvgIpc) is 3.32. The molecule has 0 bridgehead atoms. The summed E-state index contributed by atoms with van der Waals surface area (Å²) in [4.78, 5) is 10.4. The smallest absolute Gasteiger partial charge is 0.269 e. The van der Waals surface area contributed by atoms with Gasteiger partial charge in [0.05, 0.1) is 10.6 Å². The van der Waals surface area contributed by atoms with E-state index in [2.05, 4.69) is 10.5 Å². The molecule has 0 aliphatic carbocycles. The van der Waals surface area contributed by atoms with E-state index in [1.54, 1.807) is 23.9 Å². The summed E-state index contributed by atoms with van der Waals surface area (Å²) in [6.45, 7) is 0. The molecule has 4 rings (SSSR count). The van der Waals surface area contributed by atoms with E-state index < -0.39 is 4.92 Å². The second kappa shape index (κ2) is 6.45. The predicted molar refractivity (Wildman–Crippen MR) is 98.9 cm³/mol. The SMILES string of the molecule is O=[N+]([O-])c1ccc(-n2cccc2[C@@H]2NN=C(c3ccccc3)S2)cc1. The lowest BCUT2D eigenvalue weighted by Crippen LogP contribution is -2.11. The summed E-state index contributed by atoms with van der Waals surface area (Å²) >= 11 is 1.65. The van der Waals surface area contributed by atoms with Crippen LogP contribution in [0.15, 0.2) is 78.0 Å². The molecule has 0 saturated heterocycles. The third kappa shape index (κ3) is 3.01. The van der Waals surface area contributed by atoms with Crippen molar-refractivity contribution >= 4 is 22.5 Å². The molecule has 1 aliphatic heterocycles. The molecule has 2 heterocycles. The van der Waals surface area contributed by atoms with E-state index in [1.165, 1.54) is 12.1 Å². The number of thioether (sulfide) groups is 1. The number of nitro benzene ring substituents is 1. The monoisotopic (exact) mass is 350 g/mol. The van der Waals surface area contributed by atoms with Gasteiger partial charge in [-0.2, -0.15) is 5.10 Å². The van der Waals surface area contributed by atoms with Crippen LogP contribution in [0.5, 0.6) is 0 Å². The van der Waals surface area contributed by atoms with Gasteiger partial charge < -0.3 is 4.57 Å². The molecule has 0 amide bonds. The Kier molecular flexibility index (Phi) is 3.99. The van der Waals surface area contributed by atoms with Crippen molar-refractivity contribution in [2.24, 2.45) is 5.10 Å². The molecule has 1 N–H and O–H groups in total. The minimum atomic E-state index is -0.394. The molecule has 0 saturated carbocycles. The first kappa shape index (κ1) is 15.5. The minimum absolute atomic E-state index is 0.0135. The quantitative estimate of drug-likeness (QED) is 0.568. The van der Waals surface area contributed by atoms with Gasteiger partial charge in [0.2, 0.25) is 0 Å². The van der Waals surface area contributed by atoms with Crippen LogP contribution >= 0.6 is 11.8 Å². The molecule has 25 heavy (non-hydrogen) atoms. The summed E-state index contributed by atoms with van der Waals surface area (Å²) in [5.74, 6) is 0. The highest BCUT2D eigenvalue weighted by Crippen LogP contribution is 2.35. The Morgan fingerprint density at radius 3 is 2.52 bits per heavy atom. The van der Waals surface area contributed by atoms with Crippen molar-refractivity contribution in [2.45, 2.75) is 5.37 Å². The Bertz CT molecular complexity index is 935. The number of rotatable bonds is 4. The zero-order valence-corrected chi connectivity index (χ0v) is 13.9. The van der Waals surface area contributed by atoms with Crippen LogP contribution in [0.2, 0.25) is 0 Å². The Morgan fingerprint density at radius 1 is 1.04 bits per heavy atom. The number of hydrogen-bond acceptors (Lipinski definition) is 5. The van der Waals surface area contributed by atoms with Gasteiger partial charge in [-0.15, -0.1) is 0 Å². The topological polar surface area (TPSA) is 72.5 Å². The van der Waals surface area contributed by atoms with Crippen molar-refractivity contribution in [3.05, 3.63) is 94.3 Å². The molecule has 1 aromatic heterocycles. The van der Waals surface area contributed by atoms with E-state index in [0.29, 0.717) is 0 Å². The number of nitro groups is 1. The van der Waals surface area contributed by atoms with E-state index in [9.17, 15) is 10.1 Å². The van der Waals surface area contributed by atoms with Crippen LogP contribution in [0.3, 0.4) is 0 Å². The molecule has 0 radical (unpaired) electrons. The van der Waals surface area contributed by atoms with Crippen molar-refractivity contribution < 1.29 is 4.92 Å². The van der Waals surface area contributed by atoms with E-state index in [-0.39, 0.29) is 11.1 Å². The summed E-state index contributed by atoms with van der Waals surface area (Å²) in [6, 6.07) is 20.5. The zero-order valence-electron chi connectivity index (χ0n) is 13.1. The summed E-state index contributed by atoms with van der Waals surface area (Å²) in [6.07, 6.45) is 1.94. The first-order valence-corrected chi connectivity index (χ1v) is 8.58. The lowest BCUT2D eigenvalue weighted by atomic mass is 10.2. The molecule has 3 aromatic rings. The lowest BCUT2D eigenvalue weighted by Gasteiger charge is -2.14. The summed E-state index contributed by atoms with van der Waals surface area (Å²) < 4.78 is 2.01. The predicted octanol–water partition coefficient (Wildman–Crippen LogP) is 4.08.